The summed E-state index contributed by atoms with van der Waals surface area (Å²) in [5, 5.41) is 43.9. The van der Waals surface area contributed by atoms with Crippen LogP contribution in [0.2, 0.25) is 0 Å². The quantitative estimate of drug-likeness (QED) is 0.0149. The van der Waals surface area contributed by atoms with Crippen molar-refractivity contribution in [1.82, 2.24) is 90.5 Å². The third kappa shape index (κ3) is 58.5. The maximum Gasteiger partial charge on any atom is 0.243 e. The molecular weight excluding hydrogens is 1810 g/mol. The van der Waals surface area contributed by atoms with Crippen molar-refractivity contribution >= 4 is 106 Å². The summed E-state index contributed by atoms with van der Waals surface area (Å²) in [7, 11) is 0. The van der Waals surface area contributed by atoms with E-state index < -0.39 is 204 Å². The lowest BCUT2D eigenvalue weighted by Gasteiger charge is -2.30. The van der Waals surface area contributed by atoms with E-state index in [1.165, 1.54) is 0 Å². The summed E-state index contributed by atoms with van der Waals surface area (Å²) >= 11 is 0. The fourth-order valence-corrected chi connectivity index (χ4v) is 15.6. The van der Waals surface area contributed by atoms with E-state index in [2.05, 4.69) is 90.5 Å². The van der Waals surface area contributed by atoms with Crippen LogP contribution in [0.1, 0.15) is 310 Å². The number of amides is 18. The zero-order valence-corrected chi connectivity index (χ0v) is 86.9. The molecule has 35 N–H and O–H groups in total. The van der Waals surface area contributed by atoms with Crippen molar-refractivity contribution in [2.45, 2.75) is 400 Å². The molecule has 0 aliphatic rings. The molecule has 0 aromatic carbocycles. The highest BCUT2D eigenvalue weighted by Gasteiger charge is 2.40. The number of nitrogens with one attached hydrogen (secondary N) is 17. The molecule has 0 aromatic rings. The van der Waals surface area contributed by atoms with Gasteiger partial charge in [0.25, 0.3) is 0 Å². The lowest BCUT2D eigenvalue weighted by Crippen LogP contribution is -2.61. The number of carbonyl (C=O) groups excluding carboxylic acids is 18. The van der Waals surface area contributed by atoms with Crippen LogP contribution in [0.15, 0.2) is 0 Å². The van der Waals surface area contributed by atoms with Crippen LogP contribution in [-0.2, 0) is 86.3 Å². The van der Waals surface area contributed by atoms with Gasteiger partial charge in [-0.3, -0.25) is 91.7 Å². The van der Waals surface area contributed by atoms with Crippen LogP contribution in [0, 0.1) is 47.3 Å². The second kappa shape index (κ2) is 74.1. The van der Waals surface area contributed by atoms with Crippen molar-refractivity contribution in [1.29, 1.82) is 0 Å². The van der Waals surface area contributed by atoms with Crippen LogP contribution in [0.25, 0.3) is 0 Å². The number of rotatable bonds is 79. The van der Waals surface area contributed by atoms with Crippen molar-refractivity contribution < 1.29 is 86.3 Å². The predicted octanol–water partition coefficient (Wildman–Crippen LogP) is -1.10. The normalized spacial score (nSPS) is 14.7. The molecule has 140 heavy (non-hydrogen) atoms. The predicted molar refractivity (Wildman–Crippen MR) is 539 cm³/mol. The Morgan fingerprint density at radius 3 is 0.629 bits per heavy atom. The molecule has 0 saturated heterocycles. The highest BCUT2D eigenvalue weighted by Crippen LogP contribution is 2.20. The Balaban J connectivity index is 7.39. The van der Waals surface area contributed by atoms with Gasteiger partial charge in [-0.2, -0.15) is 0 Å². The molecule has 0 aromatic heterocycles. The summed E-state index contributed by atoms with van der Waals surface area (Å²) in [6.07, 6.45) is 6.99. The van der Waals surface area contributed by atoms with E-state index in [9.17, 15) is 86.3 Å². The fourth-order valence-electron chi connectivity index (χ4n) is 15.6. The van der Waals surface area contributed by atoms with Gasteiger partial charge in [0.2, 0.25) is 106 Å². The van der Waals surface area contributed by atoms with E-state index in [0.717, 1.165) is 0 Å². The number of carbonyl (C=O) groups is 18. The molecule has 44 nitrogen and oxygen atoms in total. The van der Waals surface area contributed by atoms with E-state index in [0.29, 0.717) is 109 Å². The molecule has 0 spiro atoms. The van der Waals surface area contributed by atoms with Crippen molar-refractivity contribution in [2.24, 2.45) is 99.1 Å². The maximum atomic E-state index is 15.0. The summed E-state index contributed by atoms with van der Waals surface area (Å²) in [5.74, 6) is -10.2. The molecule has 18 amide bonds. The minimum Gasteiger partial charge on any atom is -0.370 e. The molecule has 0 aliphatic heterocycles. The van der Waals surface area contributed by atoms with Crippen molar-refractivity contribution in [3.63, 3.8) is 0 Å². The molecule has 0 unspecified atom stereocenters. The first-order valence-electron chi connectivity index (χ1n) is 51.1. The average Bonchev–Trinajstić information content (AvgIpc) is 0.857. The van der Waals surface area contributed by atoms with Crippen LogP contribution in [0.4, 0.5) is 0 Å². The van der Waals surface area contributed by atoms with Gasteiger partial charge >= 0.3 is 0 Å². The first-order valence-corrected chi connectivity index (χ1v) is 51.1. The number of unbranched alkanes of at least 4 members (excludes halogenated alkanes) is 8. The summed E-state index contributed by atoms with van der Waals surface area (Å²) < 4.78 is 0. The van der Waals surface area contributed by atoms with Gasteiger partial charge in [-0.15, -0.1) is 0 Å². The fraction of sp³-hybridized carbons (Fsp3) is 0.812. The number of hydrogen-bond acceptors (Lipinski definition) is 26. The van der Waals surface area contributed by atoms with Crippen LogP contribution >= 0.6 is 0 Å². The molecule has 0 aliphatic carbocycles. The number of hydrogen-bond donors (Lipinski definition) is 26. The van der Waals surface area contributed by atoms with Gasteiger partial charge in [-0.1, -0.05) is 117 Å². The van der Waals surface area contributed by atoms with E-state index >= 15 is 0 Å². The Labute approximate surface area is 831 Å². The molecule has 0 heterocycles. The van der Waals surface area contributed by atoms with Crippen LogP contribution in [-0.4, -0.2) is 249 Å². The van der Waals surface area contributed by atoms with Gasteiger partial charge in [0.15, 0.2) is 0 Å². The third-order valence-corrected chi connectivity index (χ3v) is 22.9. The minimum atomic E-state index is -1.76. The van der Waals surface area contributed by atoms with Crippen molar-refractivity contribution in [3.05, 3.63) is 0 Å². The average molecular weight is 1990 g/mol. The zero-order chi connectivity index (χ0) is 106. The van der Waals surface area contributed by atoms with Gasteiger partial charge in [0.05, 0.1) is 19.0 Å². The summed E-state index contributed by atoms with van der Waals surface area (Å²) in [4.78, 5) is 255. The first-order chi connectivity index (χ1) is 66.0. The lowest BCUT2D eigenvalue weighted by molar-refractivity contribution is -0.137. The van der Waals surface area contributed by atoms with Gasteiger partial charge in [-0.05, 0) is 266 Å². The summed E-state index contributed by atoms with van der Waals surface area (Å²) in [6, 6.07) is -19.6. The number of hydrazine groups is 1. The highest BCUT2D eigenvalue weighted by atomic mass is 16.2. The molecular formula is C96H184N26O18. The smallest absolute Gasteiger partial charge is 0.243 e. The van der Waals surface area contributed by atoms with Crippen LogP contribution in [0.3, 0.4) is 0 Å². The summed E-state index contributed by atoms with van der Waals surface area (Å²) in [5.41, 5.74) is 49.2. The second-order valence-corrected chi connectivity index (χ2v) is 40.3. The van der Waals surface area contributed by atoms with E-state index in [4.69, 9.17) is 51.7 Å². The SMILES string of the molecule is CC(C)C[C@H](NC(=O)[C@H](CCCCN)NC(=O)[C@H](CC(C)C)NC(=O)[C@H](CC(C)C)NC(=O)[C@H](CCCCN)NC(=O)[C@H](CCCCN)NC(=O)[C@H](CC(C)C)NC(=O)[C@H](CC(C)C)NC(=O)[C@H](CC(N)=O)NC(=O)[C@H](CC(C)C)NC(=O)[C@H](CC(C)C)NC(=O)[C@H](CCCCN)NC(=O)[C@H](CCCCN)NC(=O)[C@@H](N)CC(C)C)C(=O)N[C@@H](CCCCN)C(=O)NCC(=O)NCCCCCC(=O)NN. The molecule has 15 atom stereocenters. The topological polar surface area (TPSA) is 746 Å². The highest BCUT2D eigenvalue weighted by molar-refractivity contribution is 6.01. The van der Waals surface area contributed by atoms with E-state index in [1.54, 1.807) is 69.2 Å². The molecule has 806 valence electrons. The Morgan fingerprint density at radius 1 is 0.214 bits per heavy atom. The molecule has 0 bridgehead atoms. The van der Waals surface area contributed by atoms with Crippen molar-refractivity contribution in [2.75, 3.05) is 52.4 Å². The standard InChI is InChI=1S/C96H184N26O18/c1-56(2)46-64(103)82(126)108-66(33-20-26-40-98)84(128)110-68(35-22-28-42-100)86(130)116-75(51-61(11)12)93(137)119-77(53-63(15)16)95(139)121-78(54-79(104)123)96(140)120-76(52-62(13)14)94(138)118-72(48-58(5)6)90(134)112-67(34-21-27-41-99)85(129)111-69(36-23-29-43-101)87(131)115-74(50-60(9)10)92(136)117-73(49-59(7)8)91(135)113-70(37-24-30-44-102)88(132)114-71(47-57(3)4)89(133)109-65(32-19-25-39-97)83(127)107-55-81(125)106-45-31-17-18-38-80(124)122-105/h56-78H,17-55,97-103,105H2,1-16H3,(H2,104,123)(H,106,125)(H,107,127)(H,108,126)(H,109,133)(H,110,128)(H,111,129)(H,112,134)(H,113,135)(H,114,132)(H,115,131)(H,116,130)(H,117,136)(H,118,138)(H,119,137)(H,120,140)(H,121,139)(H,122,124)/t64-,65-,66-,67-,68-,69-,70-,71-,72-,73-,74-,75-,76-,77-,78-/m0/s1. The van der Waals surface area contributed by atoms with E-state index in [-0.39, 0.29) is 182 Å². The van der Waals surface area contributed by atoms with Crippen LogP contribution in [0.5, 0.6) is 0 Å². The second-order valence-electron chi connectivity index (χ2n) is 40.3. The molecule has 0 rings (SSSR count). The third-order valence-electron chi connectivity index (χ3n) is 22.9. The Morgan fingerprint density at radius 2 is 0.414 bits per heavy atom. The monoisotopic (exact) mass is 1990 g/mol. The van der Waals surface area contributed by atoms with Gasteiger partial charge < -0.3 is 131 Å². The Kier molecular flexibility index (Phi) is 68.9. The maximum absolute atomic E-state index is 15.0. The van der Waals surface area contributed by atoms with Gasteiger partial charge in [0.1, 0.15) is 84.6 Å². The van der Waals surface area contributed by atoms with E-state index in [1.807, 2.05) is 41.5 Å². The largest absolute Gasteiger partial charge is 0.370 e. The molecule has 0 saturated carbocycles. The van der Waals surface area contributed by atoms with Gasteiger partial charge in [-0.25, -0.2) is 5.84 Å². The molecule has 44 heteroatoms. The number of primary amides is 1. The molecule has 0 fully saturated rings. The molecule has 0 radical (unpaired) electrons. The van der Waals surface area contributed by atoms with Crippen molar-refractivity contribution in [3.8, 4) is 0 Å². The first kappa shape index (κ1) is 130. The lowest BCUT2D eigenvalue weighted by atomic mass is 9.98. The van der Waals surface area contributed by atoms with Crippen LogP contribution < -0.4 is 142 Å². The number of nitrogens with two attached hydrogens (primary N) is 9. The zero-order valence-electron chi connectivity index (χ0n) is 86.9. The Hall–Kier alpha value is -9.86. The summed E-state index contributed by atoms with van der Waals surface area (Å²) in [6.45, 7) is 30.3. The van der Waals surface area contributed by atoms with Gasteiger partial charge in [0, 0.05) is 13.0 Å². The Bertz CT molecular complexity index is 3750. The minimum absolute atomic E-state index is 0.0113.